The molecule has 0 saturated carbocycles. The van der Waals surface area contributed by atoms with Crippen molar-refractivity contribution in [2.75, 3.05) is 19.1 Å². The topological polar surface area (TPSA) is 146 Å². The number of anilines is 1. The van der Waals surface area contributed by atoms with Crippen LogP contribution in [0.1, 0.15) is 25.8 Å². The number of nitrogens with one attached hydrogen (secondary N) is 1. The van der Waals surface area contributed by atoms with Gasteiger partial charge in [0.05, 0.1) is 29.8 Å². The number of nitro benzene ring substituents is 1. The summed E-state index contributed by atoms with van der Waals surface area (Å²) in [5.74, 6) is 1.67. The number of rotatable bonds is 10. The molecule has 0 fully saturated rings. The largest absolute Gasteiger partial charge is 0.493 e. The van der Waals surface area contributed by atoms with E-state index in [4.69, 9.17) is 14.6 Å². The maximum absolute atomic E-state index is 11.4. The Morgan fingerprint density at radius 1 is 1.23 bits per heavy atom. The van der Waals surface area contributed by atoms with Crippen molar-refractivity contribution in [3.63, 3.8) is 0 Å². The molecule has 0 aromatic heterocycles. The number of nitro groups is 1. The van der Waals surface area contributed by atoms with Gasteiger partial charge in [-0.3, -0.25) is 15.5 Å². The molecule has 0 atom stereocenters. The van der Waals surface area contributed by atoms with E-state index in [0.29, 0.717) is 29.6 Å². The lowest BCUT2D eigenvalue weighted by molar-refractivity contribution is -0.384. The van der Waals surface area contributed by atoms with Crippen molar-refractivity contribution >= 4 is 27.6 Å². The molecular weight excluding hydrogens is 412 g/mol. The molecule has 2 rings (SSSR count). The summed E-state index contributed by atoms with van der Waals surface area (Å²) < 4.78 is 33.8. The second-order valence-electron chi connectivity index (χ2n) is 6.79. The van der Waals surface area contributed by atoms with Crippen molar-refractivity contribution in [2.45, 2.75) is 25.2 Å². The minimum Gasteiger partial charge on any atom is -0.493 e. The highest BCUT2D eigenvalue weighted by Crippen LogP contribution is 2.29. The van der Waals surface area contributed by atoms with Gasteiger partial charge in [0.2, 0.25) is 10.0 Å². The average molecular weight is 436 g/mol. The Hall–Kier alpha value is -3.18. The van der Waals surface area contributed by atoms with Gasteiger partial charge in [0.25, 0.3) is 5.69 Å². The first-order chi connectivity index (χ1) is 14.1. The summed E-state index contributed by atoms with van der Waals surface area (Å²) in [6, 6.07) is 8.49. The van der Waals surface area contributed by atoms with Crippen LogP contribution in [-0.2, 0) is 10.0 Å². The minimum atomic E-state index is -4.06. The Morgan fingerprint density at radius 2 is 1.97 bits per heavy atom. The quantitative estimate of drug-likeness (QED) is 0.330. The summed E-state index contributed by atoms with van der Waals surface area (Å²) in [7, 11) is -2.53. The molecule has 10 nitrogen and oxygen atoms in total. The number of hydrogen-bond donors (Lipinski definition) is 2. The molecule has 0 unspecified atom stereocenters. The Kier molecular flexibility index (Phi) is 7.72. The number of nitrogens with zero attached hydrogens (tertiary/aromatic N) is 2. The number of ether oxygens (including phenoxy) is 2. The van der Waals surface area contributed by atoms with Crippen LogP contribution in [0.4, 0.5) is 11.4 Å². The predicted molar refractivity (Wildman–Crippen MR) is 114 cm³/mol. The van der Waals surface area contributed by atoms with Crippen molar-refractivity contribution in [1.82, 2.24) is 0 Å². The van der Waals surface area contributed by atoms with Crippen LogP contribution in [0.25, 0.3) is 0 Å². The summed E-state index contributed by atoms with van der Waals surface area (Å²) in [6.07, 6.45) is 2.36. The van der Waals surface area contributed by atoms with Crippen molar-refractivity contribution < 1.29 is 22.8 Å². The number of methoxy groups -OCH3 is 1. The number of hydrogen-bond acceptors (Lipinski definition) is 8. The summed E-state index contributed by atoms with van der Waals surface area (Å²) in [6.45, 7) is 4.79. The summed E-state index contributed by atoms with van der Waals surface area (Å²) in [4.78, 5) is 10.1. The Balaban J connectivity index is 2.16. The Morgan fingerprint density at radius 3 is 2.57 bits per heavy atom. The SMILES string of the molecule is COc1cc(C=NNc2ccc(S(N)(=O)=O)cc2[N+](=O)[O-])ccc1OCCC(C)C. The van der Waals surface area contributed by atoms with Crippen LogP contribution in [-0.4, -0.2) is 33.3 Å². The predicted octanol–water partition coefficient (Wildman–Crippen LogP) is 3.12. The van der Waals surface area contributed by atoms with Crippen LogP contribution >= 0.6 is 0 Å². The Labute approximate surface area is 174 Å². The number of primary sulfonamides is 1. The van der Waals surface area contributed by atoms with Crippen molar-refractivity contribution in [3.05, 3.63) is 52.1 Å². The van der Waals surface area contributed by atoms with Crippen LogP contribution in [0.3, 0.4) is 0 Å². The zero-order valence-electron chi connectivity index (χ0n) is 16.9. The summed E-state index contributed by atoms with van der Waals surface area (Å²) in [5.41, 5.74) is 2.76. The molecule has 3 N–H and O–H groups in total. The zero-order valence-corrected chi connectivity index (χ0v) is 17.7. The highest BCUT2D eigenvalue weighted by atomic mass is 32.2. The van der Waals surface area contributed by atoms with E-state index in [0.717, 1.165) is 18.6 Å². The maximum Gasteiger partial charge on any atom is 0.295 e. The van der Waals surface area contributed by atoms with Gasteiger partial charge in [-0.1, -0.05) is 13.8 Å². The second kappa shape index (κ2) is 10.0. The number of hydrazone groups is 1. The Bertz CT molecular complexity index is 1040. The molecule has 0 saturated heterocycles. The highest BCUT2D eigenvalue weighted by molar-refractivity contribution is 7.89. The number of benzene rings is 2. The first-order valence-electron chi connectivity index (χ1n) is 9.03. The fraction of sp³-hybridized carbons (Fsp3) is 0.316. The molecule has 2 aromatic rings. The van der Waals surface area contributed by atoms with Crippen molar-refractivity contribution in [2.24, 2.45) is 16.2 Å². The van der Waals surface area contributed by atoms with Crippen LogP contribution in [0, 0.1) is 16.0 Å². The third kappa shape index (κ3) is 6.42. The summed E-state index contributed by atoms with van der Waals surface area (Å²) >= 11 is 0. The van der Waals surface area contributed by atoms with E-state index in [1.165, 1.54) is 19.4 Å². The maximum atomic E-state index is 11.4. The van der Waals surface area contributed by atoms with Gasteiger partial charge in [0.15, 0.2) is 11.5 Å². The van der Waals surface area contributed by atoms with E-state index < -0.39 is 20.6 Å². The van der Waals surface area contributed by atoms with E-state index in [2.05, 4.69) is 24.4 Å². The molecule has 0 amide bonds. The third-order valence-electron chi connectivity index (χ3n) is 4.03. The molecule has 0 heterocycles. The first-order valence-corrected chi connectivity index (χ1v) is 10.6. The molecule has 0 bridgehead atoms. The van der Waals surface area contributed by atoms with Crippen LogP contribution in [0.15, 0.2) is 46.4 Å². The van der Waals surface area contributed by atoms with Crippen LogP contribution in [0.2, 0.25) is 0 Å². The molecule has 0 aliphatic carbocycles. The zero-order chi connectivity index (χ0) is 22.3. The first kappa shape index (κ1) is 23.1. The van der Waals surface area contributed by atoms with Gasteiger partial charge in [-0.25, -0.2) is 13.6 Å². The molecule has 30 heavy (non-hydrogen) atoms. The fourth-order valence-corrected chi connectivity index (χ4v) is 2.93. The van der Waals surface area contributed by atoms with Crippen molar-refractivity contribution in [3.8, 4) is 11.5 Å². The lowest BCUT2D eigenvalue weighted by Gasteiger charge is -2.12. The van der Waals surface area contributed by atoms with Gasteiger partial charge in [0.1, 0.15) is 5.69 Å². The smallest absolute Gasteiger partial charge is 0.295 e. The highest BCUT2D eigenvalue weighted by Gasteiger charge is 2.18. The van der Waals surface area contributed by atoms with Gasteiger partial charge in [0, 0.05) is 6.07 Å². The molecule has 2 aromatic carbocycles. The van der Waals surface area contributed by atoms with Crippen molar-refractivity contribution in [1.29, 1.82) is 0 Å². The van der Waals surface area contributed by atoms with Crippen LogP contribution < -0.4 is 20.0 Å². The van der Waals surface area contributed by atoms with E-state index in [1.807, 2.05) is 0 Å². The normalized spacial score (nSPS) is 11.6. The molecule has 11 heteroatoms. The second-order valence-corrected chi connectivity index (χ2v) is 8.35. The fourth-order valence-electron chi connectivity index (χ4n) is 2.40. The molecule has 0 aliphatic rings. The number of sulfonamides is 1. The van der Waals surface area contributed by atoms with Gasteiger partial charge in [-0.05, 0) is 48.2 Å². The lowest BCUT2D eigenvalue weighted by Crippen LogP contribution is -2.12. The van der Waals surface area contributed by atoms with E-state index in [1.54, 1.807) is 18.2 Å². The van der Waals surface area contributed by atoms with E-state index in [9.17, 15) is 18.5 Å². The van der Waals surface area contributed by atoms with Gasteiger partial charge in [-0.2, -0.15) is 5.10 Å². The van der Waals surface area contributed by atoms with E-state index in [-0.39, 0.29) is 10.6 Å². The molecule has 162 valence electrons. The standard InChI is InChI=1S/C19H24N4O6S/c1-13(2)8-9-29-18-7-4-14(10-19(18)28-3)12-21-22-16-6-5-15(30(20,26)27)11-17(16)23(24)25/h4-7,10-13,22H,8-9H2,1-3H3,(H2,20,26,27). The number of nitrogens with two attached hydrogens (primary N) is 1. The average Bonchev–Trinajstić information content (AvgIpc) is 2.67. The van der Waals surface area contributed by atoms with Gasteiger partial charge < -0.3 is 9.47 Å². The minimum absolute atomic E-state index is 0.0178. The van der Waals surface area contributed by atoms with Crippen LogP contribution in [0.5, 0.6) is 11.5 Å². The molecule has 0 radical (unpaired) electrons. The van der Waals surface area contributed by atoms with E-state index >= 15 is 0 Å². The molecule has 0 spiro atoms. The third-order valence-corrected chi connectivity index (χ3v) is 4.94. The molecule has 0 aliphatic heterocycles. The monoisotopic (exact) mass is 436 g/mol. The lowest BCUT2D eigenvalue weighted by atomic mass is 10.1. The van der Waals surface area contributed by atoms with Gasteiger partial charge in [-0.15, -0.1) is 0 Å². The molecular formula is C19H24N4O6S. The van der Waals surface area contributed by atoms with Gasteiger partial charge >= 0.3 is 0 Å². The summed E-state index contributed by atoms with van der Waals surface area (Å²) in [5, 5.41) is 20.2.